The third-order valence-electron chi connectivity index (χ3n) is 3.77. The quantitative estimate of drug-likeness (QED) is 0.812. The lowest BCUT2D eigenvalue weighted by molar-refractivity contribution is -0.128. The first kappa shape index (κ1) is 14.7. The average molecular weight is 285 g/mol. The number of thioether (sulfide) groups is 1. The molecule has 0 aromatic carbocycles. The van der Waals surface area contributed by atoms with E-state index in [2.05, 4.69) is 15.6 Å². The monoisotopic (exact) mass is 285 g/mol. The molecule has 0 unspecified atom stereocenters. The molecule has 0 saturated carbocycles. The molecular weight excluding hydrogens is 262 g/mol. The van der Waals surface area contributed by atoms with Gasteiger partial charge in [0.05, 0.1) is 17.5 Å². The Balaban J connectivity index is 1.93. The van der Waals surface area contributed by atoms with Gasteiger partial charge < -0.3 is 15.4 Å². The van der Waals surface area contributed by atoms with Gasteiger partial charge in [-0.1, -0.05) is 11.8 Å². The van der Waals surface area contributed by atoms with Gasteiger partial charge in [-0.25, -0.2) is 0 Å². The summed E-state index contributed by atoms with van der Waals surface area (Å²) in [5.74, 6) is 1.08. The van der Waals surface area contributed by atoms with Crippen LogP contribution in [-0.2, 0) is 9.53 Å². The maximum atomic E-state index is 11.7. The Kier molecular flexibility index (Phi) is 4.40. The SMILES string of the molecule is CNC(=O)C(C)(C)CN=C1NC2(CCOCC2)CS1. The van der Waals surface area contributed by atoms with Crippen molar-refractivity contribution in [2.24, 2.45) is 10.4 Å². The Morgan fingerprint density at radius 3 is 2.84 bits per heavy atom. The number of ether oxygens (including phenoxy) is 1. The van der Waals surface area contributed by atoms with E-state index in [1.807, 2.05) is 13.8 Å². The van der Waals surface area contributed by atoms with E-state index in [1.54, 1.807) is 18.8 Å². The number of rotatable bonds is 3. The summed E-state index contributed by atoms with van der Waals surface area (Å²) in [5.41, 5.74) is -0.297. The summed E-state index contributed by atoms with van der Waals surface area (Å²) in [6.45, 7) is 5.99. The Morgan fingerprint density at radius 1 is 1.53 bits per heavy atom. The minimum Gasteiger partial charge on any atom is -0.381 e. The average Bonchev–Trinajstić information content (AvgIpc) is 2.79. The number of nitrogens with zero attached hydrogens (tertiary/aromatic N) is 1. The molecule has 0 atom stereocenters. The van der Waals surface area contributed by atoms with Crippen LogP contribution in [0.3, 0.4) is 0 Å². The molecule has 2 N–H and O–H groups in total. The number of amidine groups is 1. The topological polar surface area (TPSA) is 62.7 Å². The maximum Gasteiger partial charge on any atom is 0.227 e. The molecule has 5 nitrogen and oxygen atoms in total. The summed E-state index contributed by atoms with van der Waals surface area (Å²) < 4.78 is 5.41. The summed E-state index contributed by atoms with van der Waals surface area (Å²) in [4.78, 5) is 16.3. The molecule has 2 saturated heterocycles. The highest BCUT2D eigenvalue weighted by Crippen LogP contribution is 2.32. The molecule has 1 spiro atoms. The molecule has 0 bridgehead atoms. The zero-order chi connectivity index (χ0) is 13.9. The number of nitrogens with one attached hydrogen (secondary N) is 2. The fraction of sp³-hybridized carbons (Fsp3) is 0.846. The Bertz CT molecular complexity index is 376. The van der Waals surface area contributed by atoms with Gasteiger partial charge in [-0.3, -0.25) is 9.79 Å². The van der Waals surface area contributed by atoms with E-state index in [0.717, 1.165) is 37.0 Å². The molecule has 0 aromatic rings. The van der Waals surface area contributed by atoms with Crippen LogP contribution in [0.2, 0.25) is 0 Å². The van der Waals surface area contributed by atoms with Crippen LogP contribution < -0.4 is 10.6 Å². The minimum absolute atomic E-state index is 0.0284. The largest absolute Gasteiger partial charge is 0.381 e. The van der Waals surface area contributed by atoms with E-state index >= 15 is 0 Å². The summed E-state index contributed by atoms with van der Waals surface area (Å²) in [6, 6.07) is 0. The molecule has 2 aliphatic heterocycles. The third-order valence-corrected chi connectivity index (χ3v) is 4.97. The molecule has 0 radical (unpaired) electrons. The second-order valence-corrected chi connectivity index (χ2v) is 6.85. The van der Waals surface area contributed by atoms with E-state index in [-0.39, 0.29) is 11.4 Å². The Morgan fingerprint density at radius 2 is 2.21 bits per heavy atom. The number of hydrogen-bond acceptors (Lipinski definition) is 4. The highest BCUT2D eigenvalue weighted by molar-refractivity contribution is 8.14. The van der Waals surface area contributed by atoms with Crippen molar-refractivity contribution in [3.05, 3.63) is 0 Å². The van der Waals surface area contributed by atoms with Crippen molar-refractivity contribution in [3.63, 3.8) is 0 Å². The molecule has 2 heterocycles. The molecule has 2 aliphatic rings. The first-order valence-corrected chi connectivity index (χ1v) is 7.71. The van der Waals surface area contributed by atoms with Crippen LogP contribution >= 0.6 is 11.8 Å². The van der Waals surface area contributed by atoms with Crippen molar-refractivity contribution in [3.8, 4) is 0 Å². The van der Waals surface area contributed by atoms with Crippen LogP contribution in [0.4, 0.5) is 0 Å². The number of hydrogen-bond donors (Lipinski definition) is 2. The molecular formula is C13H23N3O2S. The van der Waals surface area contributed by atoms with Gasteiger partial charge in [-0.05, 0) is 26.7 Å². The summed E-state index contributed by atoms with van der Waals surface area (Å²) in [7, 11) is 1.66. The van der Waals surface area contributed by atoms with Crippen molar-refractivity contribution >= 4 is 22.8 Å². The van der Waals surface area contributed by atoms with Crippen molar-refractivity contribution in [1.82, 2.24) is 10.6 Å². The lowest BCUT2D eigenvalue weighted by Gasteiger charge is -2.32. The van der Waals surface area contributed by atoms with Crippen LogP contribution in [0.1, 0.15) is 26.7 Å². The molecule has 108 valence electrons. The van der Waals surface area contributed by atoms with Crippen molar-refractivity contribution in [2.75, 3.05) is 32.6 Å². The fourth-order valence-corrected chi connectivity index (χ4v) is 3.52. The van der Waals surface area contributed by atoms with Crippen molar-refractivity contribution < 1.29 is 9.53 Å². The van der Waals surface area contributed by atoms with Gasteiger partial charge >= 0.3 is 0 Å². The number of carbonyl (C=O) groups is 1. The second kappa shape index (κ2) is 5.71. The lowest BCUT2D eigenvalue weighted by atomic mass is 9.92. The van der Waals surface area contributed by atoms with Gasteiger partial charge in [0.25, 0.3) is 0 Å². The van der Waals surface area contributed by atoms with Crippen LogP contribution in [-0.4, -0.2) is 49.2 Å². The van der Waals surface area contributed by atoms with E-state index in [0.29, 0.717) is 6.54 Å². The van der Waals surface area contributed by atoms with Gasteiger partial charge in [0.1, 0.15) is 0 Å². The summed E-state index contributed by atoms with van der Waals surface area (Å²) >= 11 is 1.76. The van der Waals surface area contributed by atoms with Gasteiger partial charge in [-0.2, -0.15) is 0 Å². The second-order valence-electron chi connectivity index (χ2n) is 5.89. The molecule has 19 heavy (non-hydrogen) atoms. The van der Waals surface area contributed by atoms with E-state index in [9.17, 15) is 4.79 Å². The summed E-state index contributed by atoms with van der Waals surface area (Å²) in [6.07, 6.45) is 2.08. The smallest absolute Gasteiger partial charge is 0.227 e. The third kappa shape index (κ3) is 3.42. The normalized spacial score (nSPS) is 24.5. The van der Waals surface area contributed by atoms with Gasteiger partial charge in [0, 0.05) is 26.0 Å². The van der Waals surface area contributed by atoms with Gasteiger partial charge in [0.2, 0.25) is 5.91 Å². The molecule has 1 amide bonds. The van der Waals surface area contributed by atoms with Crippen LogP contribution in [0, 0.1) is 5.41 Å². The minimum atomic E-state index is -0.463. The van der Waals surface area contributed by atoms with E-state index in [4.69, 9.17) is 4.74 Å². The summed E-state index contributed by atoms with van der Waals surface area (Å²) in [5, 5.41) is 7.19. The molecule has 0 aliphatic carbocycles. The predicted octanol–water partition coefficient (Wildman–Crippen LogP) is 1.00. The lowest BCUT2D eigenvalue weighted by Crippen LogP contribution is -2.48. The van der Waals surface area contributed by atoms with Crippen molar-refractivity contribution in [1.29, 1.82) is 0 Å². The highest BCUT2D eigenvalue weighted by atomic mass is 32.2. The number of carbonyl (C=O) groups excluding carboxylic acids is 1. The maximum absolute atomic E-state index is 11.7. The van der Waals surface area contributed by atoms with Gasteiger partial charge in [0.15, 0.2) is 5.17 Å². The highest BCUT2D eigenvalue weighted by Gasteiger charge is 2.39. The van der Waals surface area contributed by atoms with Crippen molar-refractivity contribution in [2.45, 2.75) is 32.2 Å². The number of amides is 1. The zero-order valence-corrected chi connectivity index (χ0v) is 12.7. The first-order chi connectivity index (χ1) is 8.97. The predicted molar refractivity (Wildman–Crippen MR) is 78.5 cm³/mol. The Hall–Kier alpha value is -0.750. The first-order valence-electron chi connectivity index (χ1n) is 6.73. The molecule has 2 rings (SSSR count). The standard InChI is InChI=1S/C13H23N3O2S/c1-12(2,10(17)14-3)8-15-11-16-13(9-19-11)4-6-18-7-5-13/h4-9H2,1-3H3,(H,14,17)(H,15,16). The van der Waals surface area contributed by atoms with Crippen LogP contribution in [0.15, 0.2) is 4.99 Å². The van der Waals surface area contributed by atoms with Crippen LogP contribution in [0.5, 0.6) is 0 Å². The zero-order valence-electron chi connectivity index (χ0n) is 11.9. The molecule has 0 aromatic heterocycles. The number of aliphatic imine (C=N–C) groups is 1. The van der Waals surface area contributed by atoms with Crippen LogP contribution in [0.25, 0.3) is 0 Å². The van der Waals surface area contributed by atoms with E-state index in [1.165, 1.54) is 0 Å². The molecule has 2 fully saturated rings. The molecule has 6 heteroatoms. The fourth-order valence-electron chi connectivity index (χ4n) is 2.30. The van der Waals surface area contributed by atoms with Gasteiger partial charge in [-0.15, -0.1) is 0 Å². The van der Waals surface area contributed by atoms with E-state index < -0.39 is 5.41 Å². The Labute approximate surface area is 119 Å².